The van der Waals surface area contributed by atoms with Crippen LogP contribution in [-0.4, -0.2) is 3.91 Å². The van der Waals surface area contributed by atoms with Gasteiger partial charge in [0, 0.05) is 33.7 Å². The Bertz CT molecular complexity index is 945. The van der Waals surface area contributed by atoms with E-state index in [-0.39, 0.29) is 3.91 Å². The van der Waals surface area contributed by atoms with E-state index in [1.54, 1.807) is 22.6 Å². The first-order chi connectivity index (χ1) is 9.74. The molecule has 3 heteroatoms. The van der Waals surface area contributed by atoms with Crippen molar-refractivity contribution in [2.75, 3.05) is 5.32 Å². The number of nitrogens with one attached hydrogen (secondary N) is 1. The summed E-state index contributed by atoms with van der Waals surface area (Å²) in [6.07, 6.45) is 0. The second-order valence-electron chi connectivity index (χ2n) is 4.87. The zero-order valence-electron chi connectivity index (χ0n) is 10.5. The molecule has 0 bridgehead atoms. The molecule has 2 nitrogen and oxygen atoms in total. The van der Waals surface area contributed by atoms with Crippen LogP contribution in [0.5, 0.6) is 0 Å². The second-order valence-corrected chi connectivity index (χ2v) is 5.85. The van der Waals surface area contributed by atoms with Crippen LogP contribution < -0.4 is 5.32 Å². The van der Waals surface area contributed by atoms with E-state index in [4.69, 9.17) is 0 Å². The molecule has 0 spiro atoms. The van der Waals surface area contributed by atoms with Gasteiger partial charge < -0.3 is 5.32 Å². The molecule has 0 atom stereocenters. The lowest BCUT2D eigenvalue weighted by Crippen LogP contribution is -2.01. The number of anilines is 1. The number of carbonyl (C=O) groups excluding carboxylic acids is 1. The third kappa shape index (κ3) is 1.66. The lowest BCUT2D eigenvalue weighted by Gasteiger charge is -2.13. The van der Waals surface area contributed by atoms with Gasteiger partial charge in [-0.15, -0.1) is 0 Å². The van der Waals surface area contributed by atoms with Crippen molar-refractivity contribution in [3.63, 3.8) is 0 Å². The van der Waals surface area contributed by atoms with E-state index < -0.39 is 0 Å². The molecule has 4 rings (SSSR count). The van der Waals surface area contributed by atoms with E-state index in [1.807, 2.05) is 6.07 Å². The van der Waals surface area contributed by atoms with E-state index in [9.17, 15) is 4.79 Å². The van der Waals surface area contributed by atoms with Crippen LogP contribution in [0.1, 0.15) is 0 Å². The molecule has 1 N–H and O–H groups in total. The van der Waals surface area contributed by atoms with Crippen LogP contribution in [0, 0.1) is 0 Å². The highest BCUT2D eigenvalue weighted by Gasteiger charge is 2.11. The quantitative estimate of drug-likeness (QED) is 0.202. The lowest BCUT2D eigenvalue weighted by molar-refractivity contribution is 0.272. The van der Waals surface area contributed by atoms with E-state index in [2.05, 4.69) is 53.8 Å². The number of halogens is 1. The fraction of sp³-hybridized carbons (Fsp3) is 0. The van der Waals surface area contributed by atoms with E-state index in [0.717, 1.165) is 11.1 Å². The van der Waals surface area contributed by atoms with Crippen LogP contribution in [0.15, 0.2) is 54.6 Å². The Labute approximate surface area is 129 Å². The van der Waals surface area contributed by atoms with Crippen LogP contribution in [0.2, 0.25) is 0 Å². The standard InChI is InChI=1S/C17H10INO/c18-17(20)19-14-9-7-12-5-4-10-2-1-3-11-6-8-13(14)16(12)15(10)11/h1-9H,(H,19,20). The molecule has 4 aromatic carbocycles. The molecule has 0 aliphatic rings. The summed E-state index contributed by atoms with van der Waals surface area (Å²) in [6.45, 7) is 0. The lowest BCUT2D eigenvalue weighted by atomic mass is 9.93. The molecule has 0 aromatic heterocycles. The minimum Gasteiger partial charge on any atom is -0.317 e. The predicted molar refractivity (Wildman–Crippen MR) is 93.2 cm³/mol. The van der Waals surface area contributed by atoms with Gasteiger partial charge in [0.05, 0.1) is 0 Å². The summed E-state index contributed by atoms with van der Waals surface area (Å²) in [4.78, 5) is 11.3. The maximum Gasteiger partial charge on any atom is 0.285 e. The van der Waals surface area contributed by atoms with Crippen molar-refractivity contribution in [3.05, 3.63) is 54.6 Å². The Morgan fingerprint density at radius 1 is 0.800 bits per heavy atom. The molecule has 0 aliphatic heterocycles. The van der Waals surface area contributed by atoms with Crippen LogP contribution in [0.25, 0.3) is 32.3 Å². The summed E-state index contributed by atoms with van der Waals surface area (Å²) >= 11 is 1.76. The fourth-order valence-electron chi connectivity index (χ4n) is 2.95. The van der Waals surface area contributed by atoms with Gasteiger partial charge in [-0.25, -0.2) is 0 Å². The van der Waals surface area contributed by atoms with Gasteiger partial charge in [0.1, 0.15) is 0 Å². The molecule has 0 unspecified atom stereocenters. The van der Waals surface area contributed by atoms with Gasteiger partial charge in [-0.2, -0.15) is 0 Å². The second kappa shape index (κ2) is 4.31. The Morgan fingerprint density at radius 3 is 2.10 bits per heavy atom. The van der Waals surface area contributed by atoms with Gasteiger partial charge in [0.25, 0.3) is 3.91 Å². The van der Waals surface area contributed by atoms with Crippen molar-refractivity contribution in [3.8, 4) is 0 Å². The van der Waals surface area contributed by atoms with E-state index in [0.29, 0.717) is 0 Å². The summed E-state index contributed by atoms with van der Waals surface area (Å²) in [6, 6.07) is 18.9. The Morgan fingerprint density at radius 2 is 1.40 bits per heavy atom. The number of hydrogen-bond donors (Lipinski definition) is 1. The number of carbonyl (C=O) groups is 1. The molecular formula is C17H10INO. The van der Waals surface area contributed by atoms with Crippen molar-refractivity contribution < 1.29 is 4.79 Å². The van der Waals surface area contributed by atoms with Crippen LogP contribution in [0.4, 0.5) is 10.5 Å². The maximum absolute atomic E-state index is 11.3. The van der Waals surface area contributed by atoms with Crippen molar-refractivity contribution in [1.82, 2.24) is 0 Å². The molecule has 0 saturated carbocycles. The largest absolute Gasteiger partial charge is 0.317 e. The van der Waals surface area contributed by atoms with E-state index >= 15 is 0 Å². The third-order valence-electron chi connectivity index (χ3n) is 3.76. The minimum absolute atomic E-state index is 0.0716. The van der Waals surface area contributed by atoms with Gasteiger partial charge in [-0.1, -0.05) is 48.5 Å². The Balaban J connectivity index is 2.23. The molecule has 1 amide bonds. The zero-order chi connectivity index (χ0) is 13.7. The van der Waals surface area contributed by atoms with Crippen molar-refractivity contribution >= 4 is 64.5 Å². The van der Waals surface area contributed by atoms with Gasteiger partial charge in [-0.05, 0) is 33.0 Å². The summed E-state index contributed by atoms with van der Waals surface area (Å²) in [5.74, 6) is 0. The molecule has 0 saturated heterocycles. The first kappa shape index (κ1) is 11.9. The smallest absolute Gasteiger partial charge is 0.285 e. The molecule has 20 heavy (non-hydrogen) atoms. The first-order valence-electron chi connectivity index (χ1n) is 6.37. The molecule has 0 radical (unpaired) electrons. The fourth-order valence-corrected chi connectivity index (χ4v) is 3.24. The molecule has 96 valence electrons. The number of benzene rings is 4. The monoisotopic (exact) mass is 371 g/mol. The minimum atomic E-state index is -0.0716. The molecule has 0 fully saturated rings. The third-order valence-corrected chi connectivity index (χ3v) is 4.03. The topological polar surface area (TPSA) is 29.1 Å². The Hall–Kier alpha value is -1.88. The van der Waals surface area contributed by atoms with E-state index in [1.165, 1.54) is 26.9 Å². The SMILES string of the molecule is O=C(I)Nc1ccc2ccc3cccc4ccc1c2c34. The predicted octanol–water partition coefficient (Wildman–Crippen LogP) is 5.55. The van der Waals surface area contributed by atoms with Crippen molar-refractivity contribution in [1.29, 1.82) is 0 Å². The van der Waals surface area contributed by atoms with Crippen LogP contribution in [-0.2, 0) is 0 Å². The normalized spacial score (nSPS) is 11.4. The van der Waals surface area contributed by atoms with Gasteiger partial charge in [0.2, 0.25) is 0 Å². The summed E-state index contributed by atoms with van der Waals surface area (Å²) < 4.78 is -0.0716. The van der Waals surface area contributed by atoms with Gasteiger partial charge >= 0.3 is 0 Å². The highest BCUT2D eigenvalue weighted by Crippen LogP contribution is 2.37. The highest BCUT2D eigenvalue weighted by atomic mass is 127. The molecule has 0 heterocycles. The first-order valence-corrected chi connectivity index (χ1v) is 7.45. The number of amides is 1. The number of hydrogen-bond acceptors (Lipinski definition) is 1. The zero-order valence-corrected chi connectivity index (χ0v) is 12.6. The van der Waals surface area contributed by atoms with Crippen molar-refractivity contribution in [2.45, 2.75) is 0 Å². The van der Waals surface area contributed by atoms with Gasteiger partial charge in [0.15, 0.2) is 0 Å². The maximum atomic E-state index is 11.3. The molecule has 4 aromatic rings. The van der Waals surface area contributed by atoms with Crippen molar-refractivity contribution in [2.24, 2.45) is 0 Å². The van der Waals surface area contributed by atoms with Crippen LogP contribution >= 0.6 is 22.6 Å². The summed E-state index contributed by atoms with van der Waals surface area (Å²) in [5, 5.41) is 10.2. The molecular weight excluding hydrogens is 361 g/mol. The van der Waals surface area contributed by atoms with Gasteiger partial charge in [-0.3, -0.25) is 4.79 Å². The summed E-state index contributed by atoms with van der Waals surface area (Å²) in [5.41, 5.74) is 0.871. The average molecular weight is 371 g/mol. The number of rotatable bonds is 1. The Kier molecular flexibility index (Phi) is 2.57. The molecule has 0 aliphatic carbocycles. The summed E-state index contributed by atoms with van der Waals surface area (Å²) in [7, 11) is 0. The average Bonchev–Trinajstić information content (AvgIpc) is 2.46. The highest BCUT2D eigenvalue weighted by molar-refractivity contribution is 14.1. The van der Waals surface area contributed by atoms with Crippen LogP contribution in [0.3, 0.4) is 0 Å².